The molecule has 0 bridgehead atoms. The quantitative estimate of drug-likeness (QED) is 0.709. The Labute approximate surface area is 111 Å². The molecule has 6 heteroatoms. The molecule has 1 aliphatic carbocycles. The SMILES string of the molecule is CNC(=O)COc1cccc(NC(=O)C2(N)CC2)c1. The van der Waals surface area contributed by atoms with E-state index in [0.29, 0.717) is 24.3 Å². The lowest BCUT2D eigenvalue weighted by Gasteiger charge is -2.11. The van der Waals surface area contributed by atoms with Crippen molar-refractivity contribution in [2.24, 2.45) is 5.73 Å². The summed E-state index contributed by atoms with van der Waals surface area (Å²) >= 11 is 0. The molecule has 1 aliphatic rings. The van der Waals surface area contributed by atoms with Crippen LogP contribution in [0.5, 0.6) is 5.75 Å². The third kappa shape index (κ3) is 3.45. The molecular weight excluding hydrogens is 246 g/mol. The Hall–Kier alpha value is -2.08. The van der Waals surface area contributed by atoms with Gasteiger partial charge in [-0.25, -0.2) is 0 Å². The summed E-state index contributed by atoms with van der Waals surface area (Å²) < 4.78 is 5.29. The van der Waals surface area contributed by atoms with Crippen molar-refractivity contribution >= 4 is 17.5 Å². The Bertz CT molecular complexity index is 498. The number of carbonyl (C=O) groups is 2. The minimum absolute atomic E-state index is 0.0608. The zero-order valence-electron chi connectivity index (χ0n) is 10.7. The molecule has 0 heterocycles. The highest BCUT2D eigenvalue weighted by atomic mass is 16.5. The van der Waals surface area contributed by atoms with Crippen molar-refractivity contribution in [2.45, 2.75) is 18.4 Å². The molecule has 6 nitrogen and oxygen atoms in total. The van der Waals surface area contributed by atoms with Crippen molar-refractivity contribution in [3.63, 3.8) is 0 Å². The lowest BCUT2D eigenvalue weighted by Crippen LogP contribution is -2.37. The molecule has 1 aromatic rings. The third-order valence-electron chi connectivity index (χ3n) is 2.98. The number of anilines is 1. The van der Waals surface area contributed by atoms with E-state index in [4.69, 9.17) is 10.5 Å². The summed E-state index contributed by atoms with van der Waals surface area (Å²) in [5.74, 6) is 0.118. The number of nitrogens with one attached hydrogen (secondary N) is 2. The Morgan fingerprint density at radius 3 is 2.79 bits per heavy atom. The van der Waals surface area contributed by atoms with Gasteiger partial charge in [0, 0.05) is 18.8 Å². The number of hydrogen-bond acceptors (Lipinski definition) is 4. The molecule has 0 aromatic heterocycles. The molecule has 0 saturated heterocycles. The van der Waals surface area contributed by atoms with Crippen LogP contribution in [0.3, 0.4) is 0 Å². The first-order valence-electron chi connectivity index (χ1n) is 6.07. The van der Waals surface area contributed by atoms with Crippen LogP contribution in [0.15, 0.2) is 24.3 Å². The summed E-state index contributed by atoms with van der Waals surface area (Å²) in [6, 6.07) is 6.86. The van der Waals surface area contributed by atoms with Gasteiger partial charge in [-0.2, -0.15) is 0 Å². The predicted molar refractivity (Wildman–Crippen MR) is 70.8 cm³/mol. The van der Waals surface area contributed by atoms with Crippen LogP contribution in [-0.2, 0) is 9.59 Å². The van der Waals surface area contributed by atoms with Gasteiger partial charge in [0.25, 0.3) is 5.91 Å². The van der Waals surface area contributed by atoms with Crippen LogP contribution in [0.2, 0.25) is 0 Å². The molecule has 1 fully saturated rings. The van der Waals surface area contributed by atoms with E-state index in [-0.39, 0.29) is 18.4 Å². The molecule has 1 saturated carbocycles. The molecule has 4 N–H and O–H groups in total. The van der Waals surface area contributed by atoms with E-state index >= 15 is 0 Å². The fourth-order valence-electron chi connectivity index (χ4n) is 1.50. The van der Waals surface area contributed by atoms with Crippen LogP contribution in [0.4, 0.5) is 5.69 Å². The van der Waals surface area contributed by atoms with Crippen molar-refractivity contribution in [2.75, 3.05) is 19.0 Å². The van der Waals surface area contributed by atoms with Crippen LogP contribution >= 0.6 is 0 Å². The number of rotatable bonds is 5. The number of nitrogens with two attached hydrogens (primary N) is 1. The first-order valence-corrected chi connectivity index (χ1v) is 6.07. The topological polar surface area (TPSA) is 93.5 Å². The number of carbonyl (C=O) groups excluding carboxylic acids is 2. The standard InChI is InChI=1S/C13H17N3O3/c1-15-11(17)8-19-10-4-2-3-9(7-10)16-12(18)13(14)5-6-13/h2-4,7H,5-6,8,14H2,1H3,(H,15,17)(H,16,18). The molecule has 102 valence electrons. The van der Waals surface area contributed by atoms with Gasteiger partial charge >= 0.3 is 0 Å². The first kappa shape index (κ1) is 13.4. The second-order valence-corrected chi connectivity index (χ2v) is 4.60. The van der Waals surface area contributed by atoms with Crippen LogP contribution in [0.1, 0.15) is 12.8 Å². The first-order chi connectivity index (χ1) is 9.03. The number of ether oxygens (including phenoxy) is 1. The van der Waals surface area contributed by atoms with Gasteiger partial charge in [0.2, 0.25) is 5.91 Å². The molecule has 2 rings (SSSR count). The Kier molecular flexibility index (Phi) is 3.71. The molecule has 0 radical (unpaired) electrons. The van der Waals surface area contributed by atoms with Crippen LogP contribution in [-0.4, -0.2) is 31.0 Å². The van der Waals surface area contributed by atoms with E-state index in [2.05, 4.69) is 10.6 Å². The smallest absolute Gasteiger partial charge is 0.257 e. The summed E-state index contributed by atoms with van der Waals surface area (Å²) in [6.07, 6.45) is 1.43. The van der Waals surface area contributed by atoms with Gasteiger partial charge in [-0.1, -0.05) is 6.07 Å². The van der Waals surface area contributed by atoms with Crippen LogP contribution < -0.4 is 21.1 Å². The summed E-state index contributed by atoms with van der Waals surface area (Å²) in [6.45, 7) is -0.0608. The average Bonchev–Trinajstić information content (AvgIpc) is 3.16. The van der Waals surface area contributed by atoms with E-state index in [1.54, 1.807) is 31.3 Å². The lowest BCUT2D eigenvalue weighted by molar-refractivity contribution is -0.122. The Morgan fingerprint density at radius 2 is 2.16 bits per heavy atom. The van der Waals surface area contributed by atoms with Gasteiger partial charge in [0.1, 0.15) is 5.75 Å². The van der Waals surface area contributed by atoms with E-state index < -0.39 is 5.54 Å². The summed E-state index contributed by atoms with van der Waals surface area (Å²) in [5.41, 5.74) is 5.69. The predicted octanol–water partition coefficient (Wildman–Crippen LogP) is 0.241. The highest BCUT2D eigenvalue weighted by Gasteiger charge is 2.45. The van der Waals surface area contributed by atoms with Gasteiger partial charge < -0.3 is 21.1 Å². The number of likely N-dealkylation sites (N-methyl/N-ethyl adjacent to an activating group) is 1. The molecule has 0 atom stereocenters. The number of hydrogen-bond donors (Lipinski definition) is 3. The Morgan fingerprint density at radius 1 is 1.42 bits per heavy atom. The monoisotopic (exact) mass is 263 g/mol. The lowest BCUT2D eigenvalue weighted by atomic mass is 10.2. The molecule has 1 aromatic carbocycles. The van der Waals surface area contributed by atoms with E-state index in [1.807, 2.05) is 0 Å². The Balaban J connectivity index is 1.95. The fourth-order valence-corrected chi connectivity index (χ4v) is 1.50. The maximum Gasteiger partial charge on any atom is 0.257 e. The van der Waals surface area contributed by atoms with Crippen LogP contribution in [0.25, 0.3) is 0 Å². The minimum atomic E-state index is -0.709. The molecule has 19 heavy (non-hydrogen) atoms. The summed E-state index contributed by atoms with van der Waals surface area (Å²) in [5, 5.41) is 5.20. The van der Waals surface area contributed by atoms with Crippen molar-refractivity contribution in [1.82, 2.24) is 5.32 Å². The van der Waals surface area contributed by atoms with E-state index in [0.717, 1.165) is 0 Å². The third-order valence-corrected chi connectivity index (χ3v) is 2.98. The zero-order valence-corrected chi connectivity index (χ0v) is 10.7. The van der Waals surface area contributed by atoms with Crippen molar-refractivity contribution in [3.8, 4) is 5.75 Å². The van der Waals surface area contributed by atoms with Crippen molar-refractivity contribution in [3.05, 3.63) is 24.3 Å². The molecular formula is C13H17N3O3. The second-order valence-electron chi connectivity index (χ2n) is 4.60. The average molecular weight is 263 g/mol. The molecule has 0 spiro atoms. The minimum Gasteiger partial charge on any atom is -0.484 e. The fraction of sp³-hybridized carbons (Fsp3) is 0.385. The van der Waals surface area contributed by atoms with Gasteiger partial charge in [-0.3, -0.25) is 9.59 Å². The number of benzene rings is 1. The van der Waals surface area contributed by atoms with E-state index in [1.165, 1.54) is 0 Å². The van der Waals surface area contributed by atoms with Gasteiger partial charge in [0.05, 0.1) is 5.54 Å². The molecule has 2 amide bonds. The van der Waals surface area contributed by atoms with Crippen LogP contribution in [0, 0.1) is 0 Å². The maximum atomic E-state index is 11.8. The van der Waals surface area contributed by atoms with Gasteiger partial charge in [-0.15, -0.1) is 0 Å². The summed E-state index contributed by atoms with van der Waals surface area (Å²) in [7, 11) is 1.54. The molecule has 0 aliphatic heterocycles. The van der Waals surface area contributed by atoms with Crippen molar-refractivity contribution < 1.29 is 14.3 Å². The van der Waals surface area contributed by atoms with Gasteiger partial charge in [0.15, 0.2) is 6.61 Å². The largest absolute Gasteiger partial charge is 0.484 e. The highest BCUT2D eigenvalue weighted by molar-refractivity contribution is 6.00. The normalized spacial score (nSPS) is 15.5. The second kappa shape index (κ2) is 5.27. The van der Waals surface area contributed by atoms with Crippen molar-refractivity contribution in [1.29, 1.82) is 0 Å². The summed E-state index contributed by atoms with van der Waals surface area (Å²) in [4.78, 5) is 22.8. The molecule has 0 unspecified atom stereocenters. The number of amides is 2. The van der Waals surface area contributed by atoms with Gasteiger partial charge in [-0.05, 0) is 25.0 Å². The maximum absolute atomic E-state index is 11.8. The zero-order chi connectivity index (χ0) is 13.9. The highest BCUT2D eigenvalue weighted by Crippen LogP contribution is 2.33. The van der Waals surface area contributed by atoms with E-state index in [9.17, 15) is 9.59 Å².